The Balaban J connectivity index is 1.42. The van der Waals surface area contributed by atoms with E-state index in [1.54, 1.807) is 4.80 Å². The lowest BCUT2D eigenvalue weighted by molar-refractivity contribution is -0.0969. The van der Waals surface area contributed by atoms with E-state index in [9.17, 15) is 5.11 Å². The van der Waals surface area contributed by atoms with E-state index < -0.39 is 5.60 Å². The van der Waals surface area contributed by atoms with Crippen molar-refractivity contribution >= 4 is 0 Å². The topological polar surface area (TPSA) is 54.2 Å². The molecule has 2 aliphatic rings. The third-order valence-corrected chi connectivity index (χ3v) is 5.42. The van der Waals surface area contributed by atoms with E-state index >= 15 is 0 Å². The van der Waals surface area contributed by atoms with Crippen LogP contribution >= 0.6 is 0 Å². The number of nitrogens with zero attached hydrogens (tertiary/aromatic N) is 4. The largest absolute Gasteiger partial charge is 0.390 e. The number of rotatable bonds is 3. The van der Waals surface area contributed by atoms with Crippen molar-refractivity contribution in [2.24, 2.45) is 5.92 Å². The fourth-order valence-electron chi connectivity index (χ4n) is 4.07. The van der Waals surface area contributed by atoms with Crippen molar-refractivity contribution in [2.75, 3.05) is 13.1 Å². The molecule has 1 aliphatic heterocycles. The molecule has 1 aromatic carbocycles. The third-order valence-electron chi connectivity index (χ3n) is 5.42. The van der Waals surface area contributed by atoms with Crippen LogP contribution in [0.2, 0.25) is 0 Å². The summed E-state index contributed by atoms with van der Waals surface area (Å²) in [4.78, 5) is 4.11. The van der Waals surface area contributed by atoms with Gasteiger partial charge in [-0.25, -0.2) is 0 Å². The van der Waals surface area contributed by atoms with Gasteiger partial charge in [-0.3, -0.25) is 4.90 Å². The average Bonchev–Trinajstić information content (AvgIpc) is 3.04. The Morgan fingerprint density at radius 2 is 2.04 bits per heavy atom. The molecule has 1 N–H and O–H groups in total. The van der Waals surface area contributed by atoms with Gasteiger partial charge in [0.2, 0.25) is 0 Å². The molecule has 1 aromatic heterocycles. The zero-order valence-corrected chi connectivity index (χ0v) is 13.4. The number of hydrogen-bond donors (Lipinski definition) is 1. The summed E-state index contributed by atoms with van der Waals surface area (Å²) >= 11 is 0. The van der Waals surface area contributed by atoms with Crippen molar-refractivity contribution in [3.63, 3.8) is 0 Å². The number of aromatic nitrogens is 3. The van der Waals surface area contributed by atoms with Crippen LogP contribution in [0.3, 0.4) is 0 Å². The van der Waals surface area contributed by atoms with Crippen LogP contribution in [0.15, 0.2) is 36.5 Å². The lowest BCUT2D eigenvalue weighted by atomic mass is 9.71. The van der Waals surface area contributed by atoms with E-state index in [4.69, 9.17) is 0 Å². The fraction of sp³-hybridized carbons (Fsp3) is 0.556. The van der Waals surface area contributed by atoms with Crippen LogP contribution in [-0.4, -0.2) is 43.7 Å². The van der Waals surface area contributed by atoms with Crippen LogP contribution in [0.4, 0.5) is 0 Å². The summed E-state index contributed by atoms with van der Waals surface area (Å²) in [6.45, 7) is 2.75. The smallest absolute Gasteiger partial charge is 0.0971 e. The highest BCUT2D eigenvalue weighted by atomic mass is 16.3. The van der Waals surface area contributed by atoms with Crippen LogP contribution in [0.5, 0.6) is 0 Å². The highest BCUT2D eigenvalue weighted by Crippen LogP contribution is 2.39. The number of likely N-dealkylation sites (tertiary alicyclic amines) is 1. The SMILES string of the molecule is OC12CCCCC1CN(Cc1cnn(-c3ccccc3)n1)CC2. The summed E-state index contributed by atoms with van der Waals surface area (Å²) in [7, 11) is 0. The maximum absolute atomic E-state index is 10.8. The monoisotopic (exact) mass is 312 g/mol. The molecule has 0 radical (unpaired) electrons. The highest BCUT2D eigenvalue weighted by molar-refractivity contribution is 5.28. The van der Waals surface area contributed by atoms with Gasteiger partial charge in [0.15, 0.2) is 0 Å². The first kappa shape index (κ1) is 14.8. The summed E-state index contributed by atoms with van der Waals surface area (Å²) in [6.07, 6.45) is 7.32. The van der Waals surface area contributed by atoms with Crippen LogP contribution in [0.1, 0.15) is 37.8 Å². The molecule has 2 unspecified atom stereocenters. The van der Waals surface area contributed by atoms with Crippen molar-refractivity contribution in [1.82, 2.24) is 19.9 Å². The van der Waals surface area contributed by atoms with Crippen LogP contribution in [-0.2, 0) is 6.54 Å². The van der Waals surface area contributed by atoms with Gasteiger partial charge in [0.05, 0.1) is 23.2 Å². The Bertz CT molecular complexity index is 656. The molecule has 23 heavy (non-hydrogen) atoms. The quantitative estimate of drug-likeness (QED) is 0.945. The maximum atomic E-state index is 10.8. The van der Waals surface area contributed by atoms with E-state index in [-0.39, 0.29) is 0 Å². The van der Waals surface area contributed by atoms with Crippen molar-refractivity contribution in [1.29, 1.82) is 0 Å². The van der Waals surface area contributed by atoms with Crippen molar-refractivity contribution < 1.29 is 5.11 Å². The third kappa shape index (κ3) is 3.03. The van der Waals surface area contributed by atoms with Crippen LogP contribution < -0.4 is 0 Å². The molecular formula is C18H24N4O. The summed E-state index contributed by atoms with van der Waals surface area (Å²) in [6, 6.07) is 9.99. The standard InChI is InChI=1S/C18H24N4O/c23-18-9-5-4-6-15(18)13-21(11-10-18)14-16-12-19-22(20-16)17-7-2-1-3-8-17/h1-3,7-8,12,15,23H,4-6,9-11,13-14H2. The summed E-state index contributed by atoms with van der Waals surface area (Å²) in [5.74, 6) is 0.425. The van der Waals surface area contributed by atoms with Gasteiger partial charge in [-0.05, 0) is 31.4 Å². The predicted molar refractivity (Wildman–Crippen MR) is 88.2 cm³/mol. The zero-order chi connectivity index (χ0) is 15.7. The molecule has 122 valence electrons. The highest BCUT2D eigenvalue weighted by Gasteiger charge is 2.42. The van der Waals surface area contributed by atoms with Gasteiger partial charge in [-0.15, -0.1) is 0 Å². The van der Waals surface area contributed by atoms with E-state index in [2.05, 4.69) is 15.1 Å². The summed E-state index contributed by atoms with van der Waals surface area (Å²) in [5, 5.41) is 19.7. The van der Waals surface area contributed by atoms with Gasteiger partial charge in [0.1, 0.15) is 0 Å². The molecule has 2 aromatic rings. The second-order valence-electron chi connectivity index (χ2n) is 6.99. The Hall–Kier alpha value is -1.72. The van der Waals surface area contributed by atoms with E-state index in [1.165, 1.54) is 12.8 Å². The van der Waals surface area contributed by atoms with Crippen molar-refractivity contribution in [2.45, 2.75) is 44.2 Å². The van der Waals surface area contributed by atoms with Gasteiger partial charge in [0.25, 0.3) is 0 Å². The number of benzene rings is 1. The molecule has 2 fully saturated rings. The minimum absolute atomic E-state index is 0.406. The Morgan fingerprint density at radius 1 is 1.17 bits per heavy atom. The Labute approximate surface area is 136 Å². The van der Waals surface area contributed by atoms with Gasteiger partial charge in [0, 0.05) is 25.6 Å². The summed E-state index contributed by atoms with van der Waals surface area (Å²) in [5.41, 5.74) is 1.57. The molecule has 5 nitrogen and oxygen atoms in total. The molecule has 1 saturated heterocycles. The second kappa shape index (κ2) is 6.06. The van der Waals surface area contributed by atoms with Gasteiger partial charge < -0.3 is 5.11 Å². The summed E-state index contributed by atoms with van der Waals surface area (Å²) < 4.78 is 0. The Morgan fingerprint density at radius 3 is 2.91 bits per heavy atom. The van der Waals surface area contributed by atoms with Crippen molar-refractivity contribution in [3.05, 3.63) is 42.2 Å². The first-order valence-electron chi connectivity index (χ1n) is 8.64. The van der Waals surface area contributed by atoms with Gasteiger partial charge in [-0.2, -0.15) is 15.0 Å². The molecule has 0 bridgehead atoms. The number of para-hydroxylation sites is 1. The molecule has 1 saturated carbocycles. The average molecular weight is 312 g/mol. The molecule has 2 heterocycles. The van der Waals surface area contributed by atoms with Crippen molar-refractivity contribution in [3.8, 4) is 5.69 Å². The number of hydrogen-bond acceptors (Lipinski definition) is 4. The molecule has 0 spiro atoms. The zero-order valence-electron chi connectivity index (χ0n) is 13.4. The predicted octanol–water partition coefficient (Wildman–Crippen LogP) is 2.39. The molecule has 2 atom stereocenters. The lowest BCUT2D eigenvalue weighted by Gasteiger charge is -2.47. The van der Waals surface area contributed by atoms with E-state index in [0.717, 1.165) is 50.3 Å². The molecule has 4 rings (SSSR count). The molecular weight excluding hydrogens is 288 g/mol. The number of fused-ring (bicyclic) bond motifs is 1. The van der Waals surface area contributed by atoms with Gasteiger partial charge in [-0.1, -0.05) is 31.0 Å². The lowest BCUT2D eigenvalue weighted by Crippen LogP contribution is -2.52. The fourth-order valence-corrected chi connectivity index (χ4v) is 4.07. The molecule has 5 heteroatoms. The van der Waals surface area contributed by atoms with Crippen LogP contribution in [0.25, 0.3) is 5.69 Å². The molecule has 1 aliphatic carbocycles. The Kier molecular flexibility index (Phi) is 3.91. The van der Waals surface area contributed by atoms with E-state index in [0.29, 0.717) is 5.92 Å². The van der Waals surface area contributed by atoms with Gasteiger partial charge >= 0.3 is 0 Å². The minimum Gasteiger partial charge on any atom is -0.390 e. The normalized spacial score (nSPS) is 28.5. The molecule has 0 amide bonds. The van der Waals surface area contributed by atoms with Crippen LogP contribution in [0, 0.1) is 5.92 Å². The first-order chi connectivity index (χ1) is 11.2. The number of piperidine rings is 1. The van der Waals surface area contributed by atoms with E-state index in [1.807, 2.05) is 36.5 Å². The maximum Gasteiger partial charge on any atom is 0.0971 e. The first-order valence-corrected chi connectivity index (χ1v) is 8.64. The number of aliphatic hydroxyl groups is 1. The minimum atomic E-state index is -0.406. The second-order valence-corrected chi connectivity index (χ2v) is 6.99.